The van der Waals surface area contributed by atoms with Crippen LogP contribution >= 0.6 is 11.6 Å². The lowest BCUT2D eigenvalue weighted by Gasteiger charge is -2.10. The summed E-state index contributed by atoms with van der Waals surface area (Å²) in [5.74, 6) is 0.00825. The van der Waals surface area contributed by atoms with Crippen LogP contribution in [0.1, 0.15) is 22.8 Å². The second-order valence-electron chi connectivity index (χ2n) is 5.40. The summed E-state index contributed by atoms with van der Waals surface area (Å²) < 4.78 is 33.8. The Balaban J connectivity index is 1.94. The van der Waals surface area contributed by atoms with Crippen molar-refractivity contribution in [1.29, 1.82) is 0 Å². The Bertz CT molecular complexity index is 862. The van der Waals surface area contributed by atoms with Crippen molar-refractivity contribution in [2.45, 2.75) is 18.2 Å². The molecule has 0 unspecified atom stereocenters. The largest absolute Gasteiger partial charge is 0.490 e. The predicted octanol–water partition coefficient (Wildman–Crippen LogP) is 3.54. The molecule has 25 heavy (non-hydrogen) atoms. The van der Waals surface area contributed by atoms with E-state index in [-0.39, 0.29) is 28.7 Å². The van der Waals surface area contributed by atoms with E-state index in [4.69, 9.17) is 21.1 Å². The first-order valence-electron chi connectivity index (χ1n) is 7.69. The highest BCUT2D eigenvalue weighted by atomic mass is 35.5. The summed E-state index contributed by atoms with van der Waals surface area (Å²) >= 11 is 5.96. The lowest BCUT2D eigenvalue weighted by atomic mass is 10.2. The summed E-state index contributed by atoms with van der Waals surface area (Å²) in [6, 6.07) is 11.6. The average Bonchev–Trinajstić information content (AvgIpc) is 2.58. The van der Waals surface area contributed by atoms with Crippen LogP contribution < -0.4 is 4.74 Å². The third-order valence-corrected chi connectivity index (χ3v) is 4.92. The van der Waals surface area contributed by atoms with Gasteiger partial charge in [0.15, 0.2) is 9.84 Å². The zero-order chi connectivity index (χ0) is 18.4. The van der Waals surface area contributed by atoms with E-state index in [0.717, 1.165) is 18.2 Å². The molecule has 0 radical (unpaired) electrons. The van der Waals surface area contributed by atoms with Gasteiger partial charge in [-0.15, -0.1) is 0 Å². The number of rotatable bonds is 7. The Morgan fingerprint density at radius 1 is 1.12 bits per heavy atom. The van der Waals surface area contributed by atoms with E-state index in [9.17, 15) is 13.2 Å². The van der Waals surface area contributed by atoms with Crippen molar-refractivity contribution in [3.8, 4) is 5.75 Å². The number of halogens is 1. The number of hydrogen-bond acceptors (Lipinski definition) is 5. The standard InChI is InChI=1S/C18H19ClO5S/c1-3-13-5-4-6-14(11-13)23-9-10-24-18(20)16-12-15(25(2,21)22)7-8-17(16)19/h4-8,11-12H,3,9-10H2,1-2H3. The Hall–Kier alpha value is -2.05. The van der Waals surface area contributed by atoms with Gasteiger partial charge in [-0.05, 0) is 42.3 Å². The SMILES string of the molecule is CCc1cccc(OCCOC(=O)c2cc(S(C)(=O)=O)ccc2Cl)c1. The van der Waals surface area contributed by atoms with Gasteiger partial charge in [-0.2, -0.15) is 0 Å². The van der Waals surface area contributed by atoms with Crippen LogP contribution in [0.15, 0.2) is 47.4 Å². The van der Waals surface area contributed by atoms with Gasteiger partial charge in [-0.3, -0.25) is 0 Å². The monoisotopic (exact) mass is 382 g/mol. The quantitative estimate of drug-likeness (QED) is 0.541. The molecular weight excluding hydrogens is 364 g/mol. The van der Waals surface area contributed by atoms with Crippen molar-refractivity contribution in [3.63, 3.8) is 0 Å². The van der Waals surface area contributed by atoms with Gasteiger partial charge in [0.2, 0.25) is 0 Å². The maximum atomic E-state index is 12.1. The van der Waals surface area contributed by atoms with Gasteiger partial charge in [0.1, 0.15) is 19.0 Å². The molecule has 0 aliphatic rings. The number of sulfone groups is 1. The summed E-state index contributed by atoms with van der Waals surface area (Å²) in [6.45, 7) is 2.26. The minimum Gasteiger partial charge on any atom is -0.490 e. The molecule has 0 amide bonds. The second-order valence-corrected chi connectivity index (χ2v) is 7.82. The Kier molecular flexibility index (Phi) is 6.45. The van der Waals surface area contributed by atoms with Crippen molar-refractivity contribution in [2.24, 2.45) is 0 Å². The first-order valence-corrected chi connectivity index (χ1v) is 9.96. The predicted molar refractivity (Wildman–Crippen MR) is 96.2 cm³/mol. The molecule has 0 aliphatic heterocycles. The molecule has 2 aromatic rings. The maximum absolute atomic E-state index is 12.1. The van der Waals surface area contributed by atoms with Crippen LogP contribution in [0.4, 0.5) is 0 Å². The molecule has 2 rings (SSSR count). The molecule has 134 valence electrons. The molecule has 0 spiro atoms. The Morgan fingerprint density at radius 2 is 1.88 bits per heavy atom. The number of benzene rings is 2. The molecule has 0 atom stereocenters. The third-order valence-electron chi connectivity index (χ3n) is 3.48. The van der Waals surface area contributed by atoms with Crippen LogP contribution in [-0.4, -0.2) is 33.9 Å². The van der Waals surface area contributed by atoms with E-state index in [2.05, 4.69) is 6.92 Å². The van der Waals surface area contributed by atoms with E-state index >= 15 is 0 Å². The zero-order valence-corrected chi connectivity index (χ0v) is 15.6. The fraction of sp³-hybridized carbons (Fsp3) is 0.278. The van der Waals surface area contributed by atoms with Crippen molar-refractivity contribution < 1.29 is 22.7 Å². The molecule has 0 aromatic heterocycles. The van der Waals surface area contributed by atoms with Crippen molar-refractivity contribution >= 4 is 27.4 Å². The lowest BCUT2D eigenvalue weighted by molar-refractivity contribution is 0.0450. The van der Waals surface area contributed by atoms with E-state index in [1.54, 1.807) is 0 Å². The molecule has 0 heterocycles. The smallest absolute Gasteiger partial charge is 0.339 e. The number of aryl methyl sites for hydroxylation is 1. The molecule has 7 heteroatoms. The van der Waals surface area contributed by atoms with Crippen molar-refractivity contribution in [2.75, 3.05) is 19.5 Å². The van der Waals surface area contributed by atoms with Crippen LogP contribution in [0, 0.1) is 0 Å². The zero-order valence-electron chi connectivity index (χ0n) is 14.0. The van der Waals surface area contributed by atoms with E-state index < -0.39 is 15.8 Å². The highest BCUT2D eigenvalue weighted by molar-refractivity contribution is 7.90. The molecule has 0 aliphatic carbocycles. The van der Waals surface area contributed by atoms with Crippen LogP contribution in [-0.2, 0) is 21.0 Å². The summed E-state index contributed by atoms with van der Waals surface area (Å²) in [4.78, 5) is 12.1. The van der Waals surface area contributed by atoms with E-state index in [0.29, 0.717) is 5.75 Å². The number of esters is 1. The third kappa shape index (κ3) is 5.47. The van der Waals surface area contributed by atoms with Crippen molar-refractivity contribution in [1.82, 2.24) is 0 Å². The van der Waals surface area contributed by atoms with Crippen LogP contribution in [0.2, 0.25) is 5.02 Å². The summed E-state index contributed by atoms with van der Waals surface area (Å²) in [6.07, 6.45) is 1.96. The molecule has 2 aromatic carbocycles. The van der Waals surface area contributed by atoms with Crippen LogP contribution in [0.3, 0.4) is 0 Å². The minimum atomic E-state index is -3.43. The first kappa shape index (κ1) is 19.3. The van der Waals surface area contributed by atoms with Gasteiger partial charge in [-0.25, -0.2) is 13.2 Å². The highest BCUT2D eigenvalue weighted by Gasteiger charge is 2.16. The summed E-state index contributed by atoms with van der Waals surface area (Å²) in [5.41, 5.74) is 1.16. The molecule has 0 N–H and O–H groups in total. The van der Waals surface area contributed by atoms with E-state index in [1.807, 2.05) is 24.3 Å². The summed E-state index contributed by atoms with van der Waals surface area (Å²) in [7, 11) is -3.43. The van der Waals surface area contributed by atoms with Gasteiger partial charge >= 0.3 is 5.97 Å². The topological polar surface area (TPSA) is 69.7 Å². The van der Waals surface area contributed by atoms with E-state index in [1.165, 1.54) is 18.2 Å². The molecule has 0 saturated carbocycles. The fourth-order valence-electron chi connectivity index (χ4n) is 2.12. The molecule has 0 saturated heterocycles. The lowest BCUT2D eigenvalue weighted by Crippen LogP contribution is -2.13. The van der Waals surface area contributed by atoms with Gasteiger partial charge in [0.05, 0.1) is 15.5 Å². The van der Waals surface area contributed by atoms with Crippen LogP contribution in [0.25, 0.3) is 0 Å². The number of carbonyl (C=O) groups is 1. The Morgan fingerprint density at radius 3 is 2.56 bits per heavy atom. The number of hydrogen-bond donors (Lipinski definition) is 0. The Labute approximate surface area is 152 Å². The van der Waals surface area contributed by atoms with Gasteiger partial charge in [0, 0.05) is 6.26 Å². The average molecular weight is 383 g/mol. The minimum absolute atomic E-state index is 0.0106. The summed E-state index contributed by atoms with van der Waals surface area (Å²) in [5, 5.41) is 0.133. The van der Waals surface area contributed by atoms with Gasteiger partial charge < -0.3 is 9.47 Å². The molecular formula is C18H19ClO5S. The molecule has 5 nitrogen and oxygen atoms in total. The van der Waals surface area contributed by atoms with Crippen LogP contribution in [0.5, 0.6) is 5.75 Å². The normalized spacial score (nSPS) is 11.2. The van der Waals surface area contributed by atoms with Gasteiger partial charge in [-0.1, -0.05) is 30.7 Å². The fourth-order valence-corrected chi connectivity index (χ4v) is 2.96. The maximum Gasteiger partial charge on any atom is 0.339 e. The van der Waals surface area contributed by atoms with Crippen molar-refractivity contribution in [3.05, 3.63) is 58.6 Å². The first-order chi connectivity index (χ1) is 11.8. The number of carbonyl (C=O) groups excluding carboxylic acids is 1. The molecule has 0 fully saturated rings. The molecule has 0 bridgehead atoms. The van der Waals surface area contributed by atoms with Gasteiger partial charge in [0.25, 0.3) is 0 Å². The second kappa shape index (κ2) is 8.36. The number of ether oxygens (including phenoxy) is 2. The highest BCUT2D eigenvalue weighted by Crippen LogP contribution is 2.21.